The van der Waals surface area contributed by atoms with E-state index in [1.165, 1.54) is 0 Å². The lowest BCUT2D eigenvalue weighted by atomic mass is 11.1. The minimum atomic E-state index is -0.685. The first-order valence-corrected chi connectivity index (χ1v) is 1.12. The van der Waals surface area contributed by atoms with E-state index >= 15 is 0 Å². The van der Waals surface area contributed by atoms with Gasteiger partial charge in [0.05, 0.1) is 0 Å². The average molecular weight is 87.1 g/mol. The van der Waals surface area contributed by atoms with Gasteiger partial charge in [0.15, 0.2) is 0 Å². The summed E-state index contributed by atoms with van der Waals surface area (Å²) in [6.07, 6.45) is 0. The predicted molar refractivity (Wildman–Crippen MR) is 16.8 cm³/mol. The standard InChI is InChI=1S/CH3N4O/c2-1(4-3)5-6/h2-3,6H. The third kappa shape index (κ3) is 1.36. The van der Waals surface area contributed by atoms with Gasteiger partial charge in [0, 0.05) is 0 Å². The van der Waals surface area contributed by atoms with Crippen LogP contribution < -0.4 is 5.48 Å². The number of nitrogens with zero attached hydrogens (tertiary/aromatic N) is 2. The van der Waals surface area contributed by atoms with Crippen LogP contribution in [0.4, 0.5) is 0 Å². The van der Waals surface area contributed by atoms with Crippen LogP contribution >= 0.6 is 0 Å². The van der Waals surface area contributed by atoms with Crippen molar-refractivity contribution < 1.29 is 5.21 Å². The molecular weight excluding hydrogens is 84.0 g/mol. The summed E-state index contributed by atoms with van der Waals surface area (Å²) in [6, 6.07) is 0. The Morgan fingerprint density at radius 2 is 2.17 bits per heavy atom. The lowest BCUT2D eigenvalue weighted by molar-refractivity contribution is 0.221. The van der Waals surface area contributed by atoms with E-state index < -0.39 is 5.96 Å². The third-order valence-corrected chi connectivity index (χ3v) is 0.201. The zero-order valence-electron chi connectivity index (χ0n) is 2.84. The van der Waals surface area contributed by atoms with Crippen molar-refractivity contribution >= 4 is 5.96 Å². The van der Waals surface area contributed by atoms with Crippen molar-refractivity contribution in [2.24, 2.45) is 5.11 Å². The van der Waals surface area contributed by atoms with Crippen molar-refractivity contribution in [2.45, 2.75) is 0 Å². The quantitative estimate of drug-likeness (QED) is 0.164. The molecule has 0 amide bonds. The average Bonchev–Trinajstić information content (AvgIpc) is 1.65. The van der Waals surface area contributed by atoms with E-state index in [2.05, 4.69) is 10.6 Å². The van der Waals surface area contributed by atoms with Crippen LogP contribution in [0, 0.1) is 10.9 Å². The van der Waals surface area contributed by atoms with Gasteiger partial charge < -0.3 is 0 Å². The second kappa shape index (κ2) is 2.28. The van der Waals surface area contributed by atoms with Crippen molar-refractivity contribution in [1.29, 1.82) is 10.9 Å². The fourth-order valence-electron chi connectivity index (χ4n) is 0.0224. The Hall–Kier alpha value is -0.970. The summed E-state index contributed by atoms with van der Waals surface area (Å²) in [6.45, 7) is 0. The summed E-state index contributed by atoms with van der Waals surface area (Å²) in [5, 5.41) is 16.2. The molecule has 5 heteroatoms. The zero-order chi connectivity index (χ0) is 4.99. The molecule has 0 aliphatic heterocycles. The molecule has 6 heavy (non-hydrogen) atoms. The molecule has 0 heterocycles. The fraction of sp³-hybridized carbons (Fsp3) is 0. The van der Waals surface area contributed by atoms with Gasteiger partial charge in [-0.05, 0) is 0 Å². The van der Waals surface area contributed by atoms with Gasteiger partial charge in [0.2, 0.25) is 0 Å². The van der Waals surface area contributed by atoms with E-state index in [0.29, 0.717) is 0 Å². The van der Waals surface area contributed by atoms with E-state index in [0.717, 1.165) is 0 Å². The molecule has 0 unspecified atom stereocenters. The van der Waals surface area contributed by atoms with Crippen molar-refractivity contribution in [3.63, 3.8) is 0 Å². The Bertz CT molecular complexity index is 67.9. The molecule has 0 aromatic carbocycles. The molecule has 0 aliphatic carbocycles. The van der Waals surface area contributed by atoms with Crippen LogP contribution in [0.5, 0.6) is 0 Å². The van der Waals surface area contributed by atoms with Gasteiger partial charge in [-0.1, -0.05) is 5.48 Å². The van der Waals surface area contributed by atoms with Crippen molar-refractivity contribution in [3.8, 4) is 0 Å². The highest BCUT2D eigenvalue weighted by Gasteiger charge is 1.82. The first kappa shape index (κ1) is 5.03. The second-order valence-corrected chi connectivity index (χ2v) is 0.535. The van der Waals surface area contributed by atoms with Gasteiger partial charge in [0.25, 0.3) is 5.96 Å². The molecule has 0 atom stereocenters. The molecular formula is CH3N4O. The fourth-order valence-corrected chi connectivity index (χ4v) is 0.0224. The SMILES string of the molecule is N=NC(=N)[N]O. The lowest BCUT2D eigenvalue weighted by Gasteiger charge is -1.77. The molecule has 33 valence electrons. The highest BCUT2D eigenvalue weighted by molar-refractivity contribution is 5.74. The normalized spacial score (nSPS) is 6.83. The van der Waals surface area contributed by atoms with E-state index in [-0.39, 0.29) is 0 Å². The van der Waals surface area contributed by atoms with E-state index in [4.69, 9.17) is 16.1 Å². The van der Waals surface area contributed by atoms with Gasteiger partial charge in [-0.3, -0.25) is 10.6 Å². The van der Waals surface area contributed by atoms with Crippen LogP contribution in [0.3, 0.4) is 0 Å². The van der Waals surface area contributed by atoms with Gasteiger partial charge in [-0.25, -0.2) is 5.53 Å². The predicted octanol–water partition coefficient (Wildman–Crippen LogP) is -0.0543. The molecule has 0 saturated carbocycles. The third-order valence-electron chi connectivity index (χ3n) is 0.201. The van der Waals surface area contributed by atoms with E-state index in [1.54, 1.807) is 0 Å². The number of hydrogen-bond acceptors (Lipinski definition) is 3. The Balaban J connectivity index is 3.23. The van der Waals surface area contributed by atoms with Crippen LogP contribution in [-0.4, -0.2) is 11.2 Å². The summed E-state index contributed by atoms with van der Waals surface area (Å²) in [5.74, 6) is -0.685. The molecule has 0 rings (SSSR count). The Kier molecular flexibility index (Phi) is 1.91. The van der Waals surface area contributed by atoms with E-state index in [1.807, 2.05) is 0 Å². The van der Waals surface area contributed by atoms with Crippen LogP contribution in [0.15, 0.2) is 5.11 Å². The Labute approximate surface area is 34.0 Å². The summed E-state index contributed by atoms with van der Waals surface area (Å²) in [4.78, 5) is 0. The summed E-state index contributed by atoms with van der Waals surface area (Å²) in [5.41, 5.74) is 8.19. The van der Waals surface area contributed by atoms with Crippen molar-refractivity contribution in [2.75, 3.05) is 0 Å². The van der Waals surface area contributed by atoms with Gasteiger partial charge >= 0.3 is 0 Å². The lowest BCUT2D eigenvalue weighted by Crippen LogP contribution is -2.04. The van der Waals surface area contributed by atoms with Crippen molar-refractivity contribution in [1.82, 2.24) is 5.48 Å². The number of hydroxylamine groups is 1. The number of guanidine groups is 1. The molecule has 0 aromatic rings. The molecule has 3 N–H and O–H groups in total. The summed E-state index contributed by atoms with van der Waals surface area (Å²) in [7, 11) is 0. The number of rotatable bonds is 0. The maximum Gasteiger partial charge on any atom is 0.284 e. The Morgan fingerprint density at radius 3 is 2.17 bits per heavy atom. The molecule has 0 spiro atoms. The second-order valence-electron chi connectivity index (χ2n) is 0.535. The zero-order valence-corrected chi connectivity index (χ0v) is 2.84. The topological polar surface area (TPSA) is 94.4 Å². The highest BCUT2D eigenvalue weighted by atomic mass is 16.5. The van der Waals surface area contributed by atoms with Crippen molar-refractivity contribution in [3.05, 3.63) is 0 Å². The summed E-state index contributed by atoms with van der Waals surface area (Å²) < 4.78 is 0. The van der Waals surface area contributed by atoms with Gasteiger partial charge in [-0.15, -0.1) is 5.11 Å². The molecule has 1 radical (unpaired) electrons. The molecule has 0 bridgehead atoms. The highest BCUT2D eigenvalue weighted by Crippen LogP contribution is 1.61. The molecule has 5 nitrogen and oxygen atoms in total. The first-order valence-electron chi connectivity index (χ1n) is 1.12. The Morgan fingerprint density at radius 1 is 1.67 bits per heavy atom. The van der Waals surface area contributed by atoms with Gasteiger partial charge in [-0.2, -0.15) is 0 Å². The number of hydrogen-bond donors (Lipinski definition) is 3. The maximum atomic E-state index is 7.52. The van der Waals surface area contributed by atoms with Crippen LogP contribution in [-0.2, 0) is 0 Å². The van der Waals surface area contributed by atoms with E-state index in [9.17, 15) is 0 Å². The molecule has 0 saturated heterocycles. The van der Waals surface area contributed by atoms with Crippen LogP contribution in [0.1, 0.15) is 0 Å². The minimum absolute atomic E-state index is 0.685. The smallest absolute Gasteiger partial charge is 0.264 e. The molecule has 0 aliphatic rings. The van der Waals surface area contributed by atoms with Crippen LogP contribution in [0.2, 0.25) is 0 Å². The van der Waals surface area contributed by atoms with Gasteiger partial charge in [0.1, 0.15) is 0 Å². The molecule has 0 aromatic heterocycles. The monoisotopic (exact) mass is 87.0 g/mol. The van der Waals surface area contributed by atoms with Crippen LogP contribution in [0.25, 0.3) is 0 Å². The largest absolute Gasteiger partial charge is 0.284 e. The summed E-state index contributed by atoms with van der Waals surface area (Å²) >= 11 is 0. The number of nitrogens with one attached hydrogen (secondary N) is 2. The minimum Gasteiger partial charge on any atom is -0.264 e. The molecule has 0 fully saturated rings. The first-order chi connectivity index (χ1) is 2.81. The maximum absolute atomic E-state index is 7.52.